The third-order valence-electron chi connectivity index (χ3n) is 5.53. The molecule has 1 aromatic carbocycles. The number of hydrogen-bond donors (Lipinski definition) is 1. The molecule has 7 nitrogen and oxygen atoms in total. The van der Waals surface area contributed by atoms with Crippen LogP contribution in [0, 0.1) is 19.7 Å². The maximum Gasteiger partial charge on any atom is 0.256 e. The summed E-state index contributed by atoms with van der Waals surface area (Å²) >= 11 is 3.12. The van der Waals surface area contributed by atoms with Gasteiger partial charge in [-0.15, -0.1) is 22.7 Å². The lowest BCUT2D eigenvalue weighted by Crippen LogP contribution is -2.43. The lowest BCUT2D eigenvalue weighted by atomic mass is 10.0. The molecule has 0 bridgehead atoms. The first-order valence-corrected chi connectivity index (χ1v) is 12.4. The Bertz CT molecular complexity index is 1310. The SMILES string of the molecule is Cc1nc(C)c(-c2csc(Nc3ccc(C(=O)N4CCOC[C@H]4c4ccc(F)cc4)cn3)n2)s1.[HH]. The van der Waals surface area contributed by atoms with Crippen LogP contribution >= 0.6 is 22.7 Å². The van der Waals surface area contributed by atoms with E-state index in [1.54, 1.807) is 46.7 Å². The fraction of sp³-hybridized carbons (Fsp3) is 0.250. The Morgan fingerprint density at radius 2 is 2.03 bits per heavy atom. The number of amides is 1. The van der Waals surface area contributed by atoms with E-state index in [-0.39, 0.29) is 19.2 Å². The maximum absolute atomic E-state index is 13.3. The van der Waals surface area contributed by atoms with Crippen LogP contribution < -0.4 is 5.32 Å². The van der Waals surface area contributed by atoms with E-state index in [0.29, 0.717) is 31.1 Å². The van der Waals surface area contributed by atoms with Crippen molar-refractivity contribution in [2.75, 3.05) is 25.1 Å². The Kier molecular flexibility index (Phi) is 6.36. The minimum atomic E-state index is -0.310. The molecule has 10 heteroatoms. The molecule has 1 saturated heterocycles. The standard InChI is InChI=1S/C24H22FN5O2S2.H2/c1-14-22(34-15(2)27-14)19-13-33-24(28-19)29-21-8-5-17(11-26-21)23(31)30-9-10-32-12-20(30)16-3-6-18(25)7-4-16;/h3-8,11,13,20H,9-10,12H2,1-2H3,(H,26,28,29);1H/t20-;/m0./s1. The van der Waals surface area contributed by atoms with Gasteiger partial charge in [0.2, 0.25) is 0 Å². The molecular weight excluding hydrogens is 473 g/mol. The molecule has 1 N–H and O–H groups in total. The number of thiazole rings is 2. The molecule has 0 radical (unpaired) electrons. The summed E-state index contributed by atoms with van der Waals surface area (Å²) in [5.74, 6) is 0.159. The highest BCUT2D eigenvalue weighted by Crippen LogP contribution is 2.33. The number of rotatable bonds is 5. The van der Waals surface area contributed by atoms with Gasteiger partial charge < -0.3 is 15.0 Å². The predicted molar refractivity (Wildman–Crippen MR) is 133 cm³/mol. The maximum atomic E-state index is 13.3. The highest BCUT2D eigenvalue weighted by atomic mass is 32.1. The number of carbonyl (C=O) groups excluding carboxylic acids is 1. The molecule has 0 unspecified atom stereocenters. The summed E-state index contributed by atoms with van der Waals surface area (Å²) in [6.07, 6.45) is 1.56. The monoisotopic (exact) mass is 497 g/mol. The molecule has 34 heavy (non-hydrogen) atoms. The molecule has 1 fully saturated rings. The number of hydrogen-bond acceptors (Lipinski definition) is 8. The smallest absolute Gasteiger partial charge is 0.256 e. The number of morpholine rings is 1. The van der Waals surface area contributed by atoms with Crippen molar-refractivity contribution in [2.24, 2.45) is 0 Å². The van der Waals surface area contributed by atoms with Crippen molar-refractivity contribution in [1.82, 2.24) is 19.9 Å². The number of nitrogens with zero attached hydrogens (tertiary/aromatic N) is 4. The number of halogens is 1. The number of pyridine rings is 1. The number of benzene rings is 1. The normalized spacial score (nSPS) is 16.0. The van der Waals surface area contributed by atoms with E-state index in [0.717, 1.165) is 32.0 Å². The molecule has 1 aliphatic rings. The van der Waals surface area contributed by atoms with Crippen LogP contribution in [0.2, 0.25) is 0 Å². The summed E-state index contributed by atoms with van der Waals surface area (Å²) < 4.78 is 18.9. The van der Waals surface area contributed by atoms with Crippen LogP contribution in [0.3, 0.4) is 0 Å². The van der Waals surface area contributed by atoms with Gasteiger partial charge in [-0.05, 0) is 43.7 Å². The topological polar surface area (TPSA) is 80.2 Å². The van der Waals surface area contributed by atoms with Crippen molar-refractivity contribution in [3.63, 3.8) is 0 Å². The second-order valence-corrected chi connectivity index (χ2v) is 9.94. The van der Waals surface area contributed by atoms with Crippen LogP contribution in [0.15, 0.2) is 48.0 Å². The third-order valence-corrected chi connectivity index (χ3v) is 7.38. The second kappa shape index (κ2) is 9.57. The minimum Gasteiger partial charge on any atom is -0.377 e. The van der Waals surface area contributed by atoms with Gasteiger partial charge in [-0.3, -0.25) is 4.79 Å². The highest BCUT2D eigenvalue weighted by molar-refractivity contribution is 7.16. The number of carbonyl (C=O) groups is 1. The van der Waals surface area contributed by atoms with E-state index in [9.17, 15) is 9.18 Å². The second-order valence-electron chi connectivity index (χ2n) is 7.88. The zero-order valence-electron chi connectivity index (χ0n) is 18.6. The Labute approximate surface area is 205 Å². The van der Waals surface area contributed by atoms with Gasteiger partial charge in [-0.2, -0.15) is 0 Å². The number of aryl methyl sites for hydroxylation is 2. The average Bonchev–Trinajstić information content (AvgIpc) is 3.44. The summed E-state index contributed by atoms with van der Waals surface area (Å²) in [7, 11) is 0. The van der Waals surface area contributed by atoms with Gasteiger partial charge >= 0.3 is 0 Å². The zero-order chi connectivity index (χ0) is 23.7. The van der Waals surface area contributed by atoms with Gasteiger partial charge in [-0.25, -0.2) is 19.3 Å². The van der Waals surface area contributed by atoms with Crippen LogP contribution in [0.25, 0.3) is 10.6 Å². The number of ether oxygens (including phenoxy) is 1. The Hall–Kier alpha value is -3.21. The zero-order valence-corrected chi connectivity index (χ0v) is 20.3. The molecular formula is C24H24FN5O2S2. The van der Waals surface area contributed by atoms with Gasteiger partial charge in [0.05, 0.1) is 46.1 Å². The van der Waals surface area contributed by atoms with E-state index in [2.05, 4.69) is 20.3 Å². The van der Waals surface area contributed by atoms with E-state index < -0.39 is 0 Å². The first-order chi connectivity index (χ1) is 16.5. The molecule has 0 aliphatic carbocycles. The third kappa shape index (κ3) is 4.70. The molecule has 5 rings (SSSR count). The lowest BCUT2D eigenvalue weighted by molar-refractivity contribution is -0.00273. The quantitative estimate of drug-likeness (QED) is 0.385. The molecule has 1 amide bonds. The first-order valence-electron chi connectivity index (χ1n) is 10.7. The predicted octanol–water partition coefficient (Wildman–Crippen LogP) is 5.62. The molecule has 4 heterocycles. The minimum absolute atomic E-state index is 0. The van der Waals surface area contributed by atoms with E-state index in [1.165, 1.54) is 23.5 Å². The van der Waals surface area contributed by atoms with E-state index in [1.807, 2.05) is 19.2 Å². The summed E-state index contributed by atoms with van der Waals surface area (Å²) in [5, 5.41) is 6.93. The first kappa shape index (κ1) is 22.6. The summed E-state index contributed by atoms with van der Waals surface area (Å²) in [6, 6.07) is 9.43. The van der Waals surface area contributed by atoms with Gasteiger partial charge in [0.25, 0.3) is 5.91 Å². The van der Waals surface area contributed by atoms with Crippen molar-refractivity contribution in [3.8, 4) is 10.6 Å². The fourth-order valence-corrected chi connectivity index (χ4v) is 5.55. The van der Waals surface area contributed by atoms with Crippen LogP contribution in [0.4, 0.5) is 15.3 Å². The van der Waals surface area contributed by atoms with Gasteiger partial charge in [-0.1, -0.05) is 12.1 Å². The van der Waals surface area contributed by atoms with Gasteiger partial charge in [0.15, 0.2) is 5.13 Å². The number of anilines is 2. The van der Waals surface area contributed by atoms with Crippen molar-refractivity contribution in [1.29, 1.82) is 0 Å². The Morgan fingerprint density at radius 3 is 2.74 bits per heavy atom. The lowest BCUT2D eigenvalue weighted by Gasteiger charge is -2.36. The van der Waals surface area contributed by atoms with Gasteiger partial charge in [0, 0.05) is 19.5 Å². The Morgan fingerprint density at radius 1 is 1.21 bits per heavy atom. The van der Waals surface area contributed by atoms with Crippen LogP contribution in [0.1, 0.15) is 34.1 Å². The van der Waals surface area contributed by atoms with Crippen molar-refractivity contribution in [3.05, 3.63) is 75.6 Å². The largest absolute Gasteiger partial charge is 0.377 e. The van der Waals surface area contributed by atoms with Crippen molar-refractivity contribution >= 4 is 39.5 Å². The van der Waals surface area contributed by atoms with Crippen LogP contribution in [-0.2, 0) is 4.74 Å². The van der Waals surface area contributed by atoms with Crippen LogP contribution in [0.5, 0.6) is 0 Å². The highest BCUT2D eigenvalue weighted by Gasteiger charge is 2.29. The molecule has 1 atom stereocenters. The number of aromatic nitrogens is 3. The molecule has 0 saturated carbocycles. The number of nitrogens with one attached hydrogen (secondary N) is 1. The molecule has 4 aromatic rings. The molecule has 0 spiro atoms. The molecule has 3 aromatic heterocycles. The van der Waals surface area contributed by atoms with E-state index in [4.69, 9.17) is 4.74 Å². The average molecular weight is 498 g/mol. The van der Waals surface area contributed by atoms with Crippen LogP contribution in [-0.4, -0.2) is 45.5 Å². The summed E-state index contributed by atoms with van der Waals surface area (Å²) in [4.78, 5) is 29.6. The van der Waals surface area contributed by atoms with E-state index >= 15 is 0 Å². The van der Waals surface area contributed by atoms with Crippen molar-refractivity contribution in [2.45, 2.75) is 19.9 Å². The Balaban J connectivity index is 0.00000289. The summed E-state index contributed by atoms with van der Waals surface area (Å²) in [5.41, 5.74) is 3.19. The molecule has 176 valence electrons. The van der Waals surface area contributed by atoms with Crippen molar-refractivity contribution < 1.29 is 15.3 Å². The summed E-state index contributed by atoms with van der Waals surface area (Å²) in [6.45, 7) is 5.26. The molecule has 1 aliphatic heterocycles. The fourth-order valence-electron chi connectivity index (χ4n) is 3.88. The van der Waals surface area contributed by atoms with Gasteiger partial charge in [0.1, 0.15) is 11.6 Å².